The Morgan fingerprint density at radius 1 is 1.12 bits per heavy atom. The van der Waals surface area contributed by atoms with E-state index in [1.165, 1.54) is 18.4 Å². The molecule has 1 saturated heterocycles. The molecule has 32 heavy (non-hydrogen) atoms. The van der Waals surface area contributed by atoms with Gasteiger partial charge in [-0.05, 0) is 30.5 Å². The Bertz CT molecular complexity index is 1150. The Morgan fingerprint density at radius 3 is 2.56 bits per heavy atom. The summed E-state index contributed by atoms with van der Waals surface area (Å²) >= 11 is 3.26. The molecule has 8 heteroatoms. The van der Waals surface area contributed by atoms with Gasteiger partial charge in [-0.25, -0.2) is 9.78 Å². The van der Waals surface area contributed by atoms with Crippen LogP contribution in [0.2, 0.25) is 0 Å². The molecule has 1 N–H and O–H groups in total. The Hall–Kier alpha value is -2.42. The largest absolute Gasteiger partial charge is 0.465 e. The summed E-state index contributed by atoms with van der Waals surface area (Å²) in [6.07, 6.45) is 1.60. The van der Waals surface area contributed by atoms with Gasteiger partial charge in [-0.15, -0.1) is 11.3 Å². The molecule has 5 rings (SSSR count). The monoisotopic (exact) mass is 467 g/mol. The summed E-state index contributed by atoms with van der Waals surface area (Å²) < 4.78 is 5.01. The third-order valence-corrected chi connectivity index (χ3v) is 8.24. The number of benzene rings is 1. The van der Waals surface area contributed by atoms with Gasteiger partial charge in [0.2, 0.25) is 5.91 Å². The summed E-state index contributed by atoms with van der Waals surface area (Å²) in [5.41, 5.74) is 1.97. The van der Waals surface area contributed by atoms with E-state index in [1.807, 2.05) is 54.2 Å². The fourth-order valence-electron chi connectivity index (χ4n) is 4.22. The molecular weight excluding hydrogens is 442 g/mol. The molecule has 3 heterocycles. The molecule has 0 unspecified atom stereocenters. The lowest BCUT2D eigenvalue weighted by Crippen LogP contribution is -2.32. The summed E-state index contributed by atoms with van der Waals surface area (Å²) in [5.74, 6) is 1.76. The summed E-state index contributed by atoms with van der Waals surface area (Å²) in [6.45, 7) is 2.91. The second-order valence-electron chi connectivity index (χ2n) is 8.24. The Balaban J connectivity index is 1.46. The van der Waals surface area contributed by atoms with Gasteiger partial charge in [-0.1, -0.05) is 30.3 Å². The normalized spacial score (nSPS) is 17.8. The van der Waals surface area contributed by atoms with Crippen molar-refractivity contribution in [1.82, 2.24) is 9.88 Å². The molecule has 0 radical (unpaired) electrons. The number of methoxy groups -OCH3 is 1. The van der Waals surface area contributed by atoms with E-state index < -0.39 is 11.4 Å². The number of carbonyl (C=O) groups is 2. The van der Waals surface area contributed by atoms with E-state index in [1.54, 1.807) is 0 Å². The summed E-state index contributed by atoms with van der Waals surface area (Å²) in [5, 5.41) is 3.85. The number of amides is 1. The summed E-state index contributed by atoms with van der Waals surface area (Å²) in [4.78, 5) is 34.2. The zero-order chi connectivity index (χ0) is 22.1. The molecule has 1 saturated carbocycles. The molecule has 3 aromatic rings. The van der Waals surface area contributed by atoms with Gasteiger partial charge >= 0.3 is 5.97 Å². The van der Waals surface area contributed by atoms with Crippen LogP contribution in [0, 0.1) is 0 Å². The van der Waals surface area contributed by atoms with E-state index in [0.717, 1.165) is 65.5 Å². The van der Waals surface area contributed by atoms with Crippen LogP contribution in [0.15, 0.2) is 42.5 Å². The maximum atomic E-state index is 13.3. The molecular formula is C24H25N3O3S2. The first-order valence-electron chi connectivity index (χ1n) is 10.8. The highest BCUT2D eigenvalue weighted by molar-refractivity contribution is 7.99. The number of rotatable bonds is 6. The fraction of sp³-hybridized carbons (Fsp3) is 0.375. The lowest BCUT2D eigenvalue weighted by atomic mass is 9.95. The molecule has 2 fully saturated rings. The third kappa shape index (κ3) is 4.02. The first-order valence-corrected chi connectivity index (χ1v) is 12.8. The van der Waals surface area contributed by atoms with Crippen LogP contribution in [0.5, 0.6) is 0 Å². The van der Waals surface area contributed by atoms with Gasteiger partial charge in [0.15, 0.2) is 0 Å². The standard InChI is InChI=1S/C24H25N3O3S2/c1-30-22(28)20-19(26-23(29)24(9-10-24)16-5-3-2-4-6-16)18-8-7-17(25-21(18)32-20)15-27-11-13-31-14-12-27/h2-8H,9-15H2,1H3,(H,26,29). The number of ether oxygens (including phenoxy) is 1. The second kappa shape index (κ2) is 8.84. The SMILES string of the molecule is COC(=O)c1sc2nc(CN3CCSCC3)ccc2c1NC(=O)C1(c2ccccc2)CC1. The molecule has 2 aliphatic rings. The number of thiophene rings is 1. The molecule has 1 aromatic carbocycles. The van der Waals surface area contributed by atoms with Gasteiger partial charge in [0.05, 0.1) is 23.9 Å². The van der Waals surface area contributed by atoms with Crippen LogP contribution in [0.1, 0.15) is 33.8 Å². The maximum Gasteiger partial charge on any atom is 0.350 e. The topological polar surface area (TPSA) is 71.5 Å². The van der Waals surface area contributed by atoms with Crippen LogP contribution in [0.3, 0.4) is 0 Å². The van der Waals surface area contributed by atoms with Crippen molar-refractivity contribution in [2.75, 3.05) is 37.0 Å². The quantitative estimate of drug-likeness (QED) is 0.545. The van der Waals surface area contributed by atoms with Crippen molar-refractivity contribution in [2.45, 2.75) is 24.8 Å². The van der Waals surface area contributed by atoms with E-state index in [2.05, 4.69) is 10.2 Å². The number of esters is 1. The highest BCUT2D eigenvalue weighted by Crippen LogP contribution is 2.49. The molecule has 0 atom stereocenters. The Kier molecular flexibility index (Phi) is 5.92. The van der Waals surface area contributed by atoms with Crippen molar-refractivity contribution >= 4 is 50.9 Å². The predicted octanol–water partition coefficient (Wildman–Crippen LogP) is 4.30. The van der Waals surface area contributed by atoms with Crippen molar-refractivity contribution in [1.29, 1.82) is 0 Å². The lowest BCUT2D eigenvalue weighted by molar-refractivity contribution is -0.118. The number of nitrogens with zero attached hydrogens (tertiary/aromatic N) is 2. The van der Waals surface area contributed by atoms with Gasteiger partial charge in [-0.2, -0.15) is 11.8 Å². The Morgan fingerprint density at radius 2 is 1.88 bits per heavy atom. The lowest BCUT2D eigenvalue weighted by Gasteiger charge is -2.25. The van der Waals surface area contributed by atoms with Gasteiger partial charge in [0, 0.05) is 36.5 Å². The first kappa shape index (κ1) is 21.4. The van der Waals surface area contributed by atoms with Crippen LogP contribution in [0.25, 0.3) is 10.2 Å². The summed E-state index contributed by atoms with van der Waals surface area (Å²) in [7, 11) is 1.36. The summed E-state index contributed by atoms with van der Waals surface area (Å²) in [6, 6.07) is 13.8. The fourth-order valence-corrected chi connectivity index (χ4v) is 6.26. The van der Waals surface area contributed by atoms with Crippen molar-refractivity contribution in [3.8, 4) is 0 Å². The number of fused-ring (bicyclic) bond motifs is 1. The van der Waals surface area contributed by atoms with Crippen LogP contribution in [-0.4, -0.2) is 53.5 Å². The number of hydrogen-bond donors (Lipinski definition) is 1. The molecule has 0 bridgehead atoms. The first-order chi connectivity index (χ1) is 15.6. The minimum atomic E-state index is -0.525. The van der Waals surface area contributed by atoms with Crippen LogP contribution < -0.4 is 5.32 Å². The molecule has 0 spiro atoms. The number of nitrogens with one attached hydrogen (secondary N) is 1. The average Bonchev–Trinajstić information content (AvgIpc) is 3.58. The van der Waals surface area contributed by atoms with Crippen molar-refractivity contribution in [3.05, 3.63) is 58.6 Å². The second-order valence-corrected chi connectivity index (χ2v) is 10.5. The van der Waals surface area contributed by atoms with E-state index in [-0.39, 0.29) is 5.91 Å². The van der Waals surface area contributed by atoms with E-state index in [0.29, 0.717) is 10.6 Å². The van der Waals surface area contributed by atoms with Crippen LogP contribution in [0.4, 0.5) is 5.69 Å². The number of carbonyl (C=O) groups excluding carboxylic acids is 2. The van der Waals surface area contributed by atoms with Crippen LogP contribution >= 0.6 is 23.1 Å². The molecule has 166 valence electrons. The predicted molar refractivity (Wildman–Crippen MR) is 130 cm³/mol. The van der Waals surface area contributed by atoms with E-state index in [9.17, 15) is 9.59 Å². The maximum absolute atomic E-state index is 13.3. The van der Waals surface area contributed by atoms with Crippen molar-refractivity contribution < 1.29 is 14.3 Å². The molecule has 2 aromatic heterocycles. The zero-order valence-corrected chi connectivity index (χ0v) is 19.6. The van der Waals surface area contributed by atoms with Gasteiger partial charge in [-0.3, -0.25) is 9.69 Å². The molecule has 1 aliphatic heterocycles. The highest BCUT2D eigenvalue weighted by atomic mass is 32.2. The molecule has 6 nitrogen and oxygen atoms in total. The zero-order valence-electron chi connectivity index (χ0n) is 17.9. The molecule has 1 aliphatic carbocycles. The number of aromatic nitrogens is 1. The van der Waals surface area contributed by atoms with Crippen molar-refractivity contribution in [3.63, 3.8) is 0 Å². The minimum absolute atomic E-state index is 0.0801. The molecule has 1 amide bonds. The number of anilines is 1. The number of hydrogen-bond acceptors (Lipinski definition) is 7. The van der Waals surface area contributed by atoms with Gasteiger partial charge in [0.25, 0.3) is 0 Å². The van der Waals surface area contributed by atoms with Crippen LogP contribution in [-0.2, 0) is 21.5 Å². The van der Waals surface area contributed by atoms with E-state index >= 15 is 0 Å². The minimum Gasteiger partial charge on any atom is -0.465 e. The third-order valence-electron chi connectivity index (χ3n) is 6.22. The van der Waals surface area contributed by atoms with Crippen molar-refractivity contribution in [2.24, 2.45) is 0 Å². The van der Waals surface area contributed by atoms with Gasteiger partial charge < -0.3 is 10.1 Å². The van der Waals surface area contributed by atoms with E-state index in [4.69, 9.17) is 9.72 Å². The van der Waals surface area contributed by atoms with Gasteiger partial charge in [0.1, 0.15) is 9.71 Å². The number of pyridine rings is 1. The average molecular weight is 468 g/mol. The smallest absolute Gasteiger partial charge is 0.350 e. The highest BCUT2D eigenvalue weighted by Gasteiger charge is 2.51. The Labute approximate surface area is 195 Å². The number of thioether (sulfide) groups is 1.